The number of benzene rings is 2. The molecular weight excluding hydrogens is 458 g/mol. The second-order valence-electron chi connectivity index (χ2n) is 11.3. The molecule has 1 N–H and O–H groups in total. The number of nitrogens with zero attached hydrogens (tertiary/aromatic N) is 3. The summed E-state index contributed by atoms with van der Waals surface area (Å²) < 4.78 is 10.5. The number of aryl methyl sites for hydroxylation is 2. The lowest BCUT2D eigenvalue weighted by Gasteiger charge is -2.37. The van der Waals surface area contributed by atoms with Gasteiger partial charge in [-0.1, -0.05) is 48.6 Å². The summed E-state index contributed by atoms with van der Waals surface area (Å²) in [5, 5.41) is 13.4. The molecular formula is C32H37N3O2. The standard InChI is InChI=1S/C32H37N3O2/c1-21-30(34(4)20-33-21)24-10-12-26-27-13-11-25(32(2,3)36)19-29(27)35(28(26)18-24)31(22-8-6-5-7-9-22)23-14-16-37-17-15-23/h5-8,10-13,18-20,22-23,31,36H,9,14-17H2,1-4H3/t22?,31-/m1/s1. The molecule has 0 radical (unpaired) electrons. The molecule has 3 heterocycles. The van der Waals surface area contributed by atoms with Crippen molar-refractivity contribution in [2.45, 2.75) is 51.7 Å². The first kappa shape index (κ1) is 24.2. The zero-order valence-electron chi connectivity index (χ0n) is 22.3. The number of hydrogen-bond acceptors (Lipinski definition) is 3. The summed E-state index contributed by atoms with van der Waals surface area (Å²) in [7, 11) is 2.06. The zero-order valence-corrected chi connectivity index (χ0v) is 22.3. The van der Waals surface area contributed by atoms with Gasteiger partial charge in [0.15, 0.2) is 0 Å². The van der Waals surface area contributed by atoms with Crippen molar-refractivity contribution >= 4 is 21.8 Å². The van der Waals surface area contributed by atoms with E-state index in [0.29, 0.717) is 17.9 Å². The Kier molecular flexibility index (Phi) is 6.09. The van der Waals surface area contributed by atoms with Gasteiger partial charge in [-0.3, -0.25) is 0 Å². The van der Waals surface area contributed by atoms with E-state index < -0.39 is 5.60 Å². The normalized spacial score (nSPS) is 19.8. The van der Waals surface area contributed by atoms with Crippen LogP contribution in [-0.2, 0) is 17.4 Å². The van der Waals surface area contributed by atoms with Crippen LogP contribution >= 0.6 is 0 Å². The summed E-state index contributed by atoms with van der Waals surface area (Å²) in [5.41, 5.74) is 5.86. The van der Waals surface area contributed by atoms with E-state index in [1.165, 1.54) is 27.4 Å². The monoisotopic (exact) mass is 495 g/mol. The minimum absolute atomic E-state index is 0.296. The van der Waals surface area contributed by atoms with E-state index in [9.17, 15) is 5.11 Å². The van der Waals surface area contributed by atoms with Crippen LogP contribution in [0.25, 0.3) is 33.1 Å². The van der Waals surface area contributed by atoms with E-state index in [0.717, 1.165) is 49.4 Å². The summed E-state index contributed by atoms with van der Waals surface area (Å²) in [6.07, 6.45) is 14.1. The van der Waals surface area contributed by atoms with Gasteiger partial charge >= 0.3 is 0 Å². The minimum Gasteiger partial charge on any atom is -0.386 e. The van der Waals surface area contributed by atoms with Gasteiger partial charge in [-0.05, 0) is 63.6 Å². The van der Waals surface area contributed by atoms with Crippen LogP contribution in [0.15, 0.2) is 67.0 Å². The molecule has 1 aliphatic carbocycles. The van der Waals surface area contributed by atoms with Crippen LogP contribution in [0.4, 0.5) is 0 Å². The summed E-state index contributed by atoms with van der Waals surface area (Å²) in [4.78, 5) is 4.56. The molecule has 0 saturated carbocycles. The number of aliphatic hydroxyl groups is 1. The maximum Gasteiger partial charge on any atom is 0.0951 e. The summed E-state index contributed by atoms with van der Waals surface area (Å²) in [6.45, 7) is 7.46. The fraction of sp³-hybridized carbons (Fsp3) is 0.406. The lowest BCUT2D eigenvalue weighted by molar-refractivity contribution is 0.0428. The molecule has 1 aliphatic heterocycles. The van der Waals surface area contributed by atoms with Crippen molar-refractivity contribution in [2.75, 3.05) is 13.2 Å². The second kappa shape index (κ2) is 9.30. The number of rotatable bonds is 5. The van der Waals surface area contributed by atoms with E-state index in [4.69, 9.17) is 4.74 Å². The Labute approximate surface area is 219 Å². The second-order valence-corrected chi connectivity index (χ2v) is 11.3. The Morgan fingerprint density at radius 2 is 1.76 bits per heavy atom. The molecule has 192 valence electrons. The van der Waals surface area contributed by atoms with Crippen LogP contribution < -0.4 is 0 Å². The van der Waals surface area contributed by atoms with Crippen LogP contribution in [-0.4, -0.2) is 32.4 Å². The molecule has 2 atom stereocenters. The van der Waals surface area contributed by atoms with Crippen molar-refractivity contribution in [1.29, 1.82) is 0 Å². The van der Waals surface area contributed by atoms with Gasteiger partial charge in [0.2, 0.25) is 0 Å². The van der Waals surface area contributed by atoms with Crippen molar-refractivity contribution in [3.63, 3.8) is 0 Å². The van der Waals surface area contributed by atoms with Gasteiger partial charge < -0.3 is 19.0 Å². The molecule has 2 aromatic carbocycles. The third kappa shape index (κ3) is 4.24. The molecule has 1 saturated heterocycles. The molecule has 5 nitrogen and oxygen atoms in total. The number of ether oxygens (including phenoxy) is 1. The largest absolute Gasteiger partial charge is 0.386 e. The highest BCUT2D eigenvalue weighted by Gasteiger charge is 2.34. The van der Waals surface area contributed by atoms with Crippen LogP contribution in [0.1, 0.15) is 50.4 Å². The van der Waals surface area contributed by atoms with Crippen LogP contribution in [0.5, 0.6) is 0 Å². The molecule has 1 fully saturated rings. The van der Waals surface area contributed by atoms with Gasteiger partial charge in [0.05, 0.1) is 28.8 Å². The first-order valence-corrected chi connectivity index (χ1v) is 13.5. The number of imidazole rings is 1. The van der Waals surface area contributed by atoms with Gasteiger partial charge in [-0.15, -0.1) is 0 Å². The number of hydrogen-bond donors (Lipinski definition) is 1. The summed E-state index contributed by atoms with van der Waals surface area (Å²) in [6, 6.07) is 13.7. The van der Waals surface area contributed by atoms with E-state index in [-0.39, 0.29) is 0 Å². The molecule has 1 unspecified atom stereocenters. The van der Waals surface area contributed by atoms with Crippen LogP contribution in [0, 0.1) is 18.8 Å². The maximum atomic E-state index is 10.9. The van der Waals surface area contributed by atoms with Crippen LogP contribution in [0.3, 0.4) is 0 Å². The lowest BCUT2D eigenvalue weighted by Crippen LogP contribution is -2.31. The topological polar surface area (TPSA) is 52.2 Å². The van der Waals surface area contributed by atoms with Gasteiger partial charge in [0.1, 0.15) is 0 Å². The van der Waals surface area contributed by atoms with E-state index in [1.807, 2.05) is 20.2 Å². The predicted octanol–water partition coefficient (Wildman–Crippen LogP) is 6.83. The summed E-state index contributed by atoms with van der Waals surface area (Å²) in [5.74, 6) is 0.918. The van der Waals surface area contributed by atoms with E-state index in [1.54, 1.807) is 0 Å². The fourth-order valence-corrected chi connectivity index (χ4v) is 6.52. The molecule has 2 aliphatic rings. The highest BCUT2D eigenvalue weighted by molar-refractivity contribution is 6.09. The Balaban J connectivity index is 1.66. The average molecular weight is 496 g/mol. The SMILES string of the molecule is Cc1ncn(C)c1-c1ccc2c3ccc(C(C)(C)O)cc3n([C@H](C3C=CC=CC3)C3CCOCC3)c2c1. The third-order valence-corrected chi connectivity index (χ3v) is 8.40. The molecule has 4 aromatic rings. The Morgan fingerprint density at radius 1 is 1.03 bits per heavy atom. The number of aromatic nitrogens is 3. The highest BCUT2D eigenvalue weighted by atomic mass is 16.5. The first-order valence-electron chi connectivity index (χ1n) is 13.5. The van der Waals surface area contributed by atoms with Gasteiger partial charge in [-0.25, -0.2) is 4.98 Å². The van der Waals surface area contributed by atoms with Gasteiger partial charge in [0, 0.05) is 54.1 Å². The summed E-state index contributed by atoms with van der Waals surface area (Å²) >= 11 is 0. The van der Waals surface area contributed by atoms with Crippen LogP contribution in [0.2, 0.25) is 0 Å². The Bertz CT molecular complexity index is 1490. The highest BCUT2D eigenvalue weighted by Crippen LogP contribution is 2.44. The van der Waals surface area contributed by atoms with E-state index >= 15 is 0 Å². The van der Waals surface area contributed by atoms with Crippen molar-refractivity contribution < 1.29 is 9.84 Å². The first-order chi connectivity index (χ1) is 17.8. The van der Waals surface area contributed by atoms with Gasteiger partial charge in [-0.2, -0.15) is 0 Å². The molecule has 5 heteroatoms. The minimum atomic E-state index is -0.909. The van der Waals surface area contributed by atoms with Gasteiger partial charge in [0.25, 0.3) is 0 Å². The Hall–Kier alpha value is -3.15. The Morgan fingerprint density at radius 3 is 2.41 bits per heavy atom. The van der Waals surface area contributed by atoms with Crippen molar-refractivity contribution in [3.8, 4) is 11.3 Å². The fourth-order valence-electron chi connectivity index (χ4n) is 6.52. The smallest absolute Gasteiger partial charge is 0.0951 e. The maximum absolute atomic E-state index is 10.9. The molecule has 0 bridgehead atoms. The molecule has 0 spiro atoms. The molecule has 2 aromatic heterocycles. The zero-order chi connectivity index (χ0) is 25.7. The molecule has 6 rings (SSSR count). The van der Waals surface area contributed by atoms with Crippen molar-refractivity contribution in [1.82, 2.24) is 14.1 Å². The molecule has 0 amide bonds. The van der Waals surface area contributed by atoms with Crippen molar-refractivity contribution in [3.05, 3.63) is 78.3 Å². The predicted molar refractivity (Wildman–Crippen MR) is 151 cm³/mol. The quantitative estimate of drug-likeness (QED) is 0.330. The lowest BCUT2D eigenvalue weighted by atomic mass is 9.80. The third-order valence-electron chi connectivity index (χ3n) is 8.40. The molecule has 37 heavy (non-hydrogen) atoms. The average Bonchev–Trinajstić information content (AvgIpc) is 3.40. The number of fused-ring (bicyclic) bond motifs is 3. The van der Waals surface area contributed by atoms with Crippen molar-refractivity contribution in [2.24, 2.45) is 18.9 Å². The number of allylic oxidation sites excluding steroid dienone is 4. The van der Waals surface area contributed by atoms with E-state index in [2.05, 4.69) is 88.8 Å².